The first kappa shape index (κ1) is 16.3. The number of rotatable bonds is 6. The van der Waals surface area contributed by atoms with Crippen molar-refractivity contribution in [1.82, 2.24) is 9.55 Å². The van der Waals surface area contributed by atoms with E-state index in [-0.39, 0.29) is 0 Å². The first-order valence-corrected chi connectivity index (χ1v) is 11.3. The molecule has 0 atom stereocenters. The lowest BCUT2D eigenvalue weighted by Crippen LogP contribution is -2.22. The van der Waals surface area contributed by atoms with Crippen molar-refractivity contribution in [3.8, 4) is 11.3 Å². The van der Waals surface area contributed by atoms with Gasteiger partial charge >= 0.3 is 0 Å². The minimum atomic E-state index is -1.03. The van der Waals surface area contributed by atoms with Gasteiger partial charge in [-0.15, -0.1) is 0 Å². The molecular formula is C16H23ClN2OSi. The Morgan fingerprint density at radius 1 is 1.29 bits per heavy atom. The first-order valence-electron chi connectivity index (χ1n) is 7.23. The number of ether oxygens (including phenoxy) is 1. The average molecular weight is 323 g/mol. The number of pyridine rings is 1. The monoisotopic (exact) mass is 322 g/mol. The summed E-state index contributed by atoms with van der Waals surface area (Å²) in [6, 6.07) is 9.22. The van der Waals surface area contributed by atoms with Crippen LogP contribution in [-0.2, 0) is 11.5 Å². The maximum atomic E-state index is 6.05. The zero-order valence-electron chi connectivity index (χ0n) is 13.2. The molecule has 0 spiro atoms. The summed E-state index contributed by atoms with van der Waals surface area (Å²) in [7, 11) is -1.03. The standard InChI is InChI=1S/C16H23ClN2OSi/c1-13-10-14(11-16(17)18-13)15-6-5-7-19(15)12-20-8-9-21(2,3)4/h5-7,10-11H,8-9,12H2,1-4H3. The molecule has 2 aromatic heterocycles. The van der Waals surface area contributed by atoms with Gasteiger partial charge in [-0.05, 0) is 37.2 Å². The number of aryl methyl sites for hydroxylation is 1. The molecule has 5 heteroatoms. The van der Waals surface area contributed by atoms with Crippen LogP contribution in [-0.4, -0.2) is 24.2 Å². The molecule has 0 bridgehead atoms. The van der Waals surface area contributed by atoms with E-state index in [1.54, 1.807) is 0 Å². The Balaban J connectivity index is 2.05. The molecule has 21 heavy (non-hydrogen) atoms. The van der Waals surface area contributed by atoms with Crippen LogP contribution in [0.2, 0.25) is 30.8 Å². The normalized spacial score (nSPS) is 11.9. The predicted molar refractivity (Wildman–Crippen MR) is 91.5 cm³/mol. The van der Waals surface area contributed by atoms with Crippen LogP contribution in [0.25, 0.3) is 11.3 Å². The summed E-state index contributed by atoms with van der Waals surface area (Å²) in [5.74, 6) is 0. The van der Waals surface area contributed by atoms with Crippen LogP contribution in [0.4, 0.5) is 0 Å². The molecule has 0 saturated carbocycles. The molecule has 0 radical (unpaired) electrons. The number of hydrogen-bond donors (Lipinski definition) is 0. The van der Waals surface area contributed by atoms with Gasteiger partial charge in [-0.3, -0.25) is 0 Å². The zero-order chi connectivity index (χ0) is 15.5. The number of hydrogen-bond acceptors (Lipinski definition) is 2. The molecule has 0 aliphatic rings. The van der Waals surface area contributed by atoms with Crippen molar-refractivity contribution in [3.05, 3.63) is 41.3 Å². The van der Waals surface area contributed by atoms with Crippen LogP contribution in [0.5, 0.6) is 0 Å². The second kappa shape index (κ2) is 6.77. The third-order valence-electron chi connectivity index (χ3n) is 3.27. The SMILES string of the molecule is Cc1cc(-c2cccn2COCC[Si](C)(C)C)cc(Cl)n1. The van der Waals surface area contributed by atoms with Crippen molar-refractivity contribution in [2.45, 2.75) is 39.3 Å². The fourth-order valence-electron chi connectivity index (χ4n) is 2.11. The molecule has 0 fully saturated rings. The minimum absolute atomic E-state index is 0.525. The van der Waals surface area contributed by atoms with Gasteiger partial charge in [0.15, 0.2) is 0 Å². The highest BCUT2D eigenvalue weighted by molar-refractivity contribution is 6.76. The molecule has 2 heterocycles. The molecule has 114 valence electrons. The van der Waals surface area contributed by atoms with Gasteiger partial charge in [0.2, 0.25) is 0 Å². The van der Waals surface area contributed by atoms with E-state index in [0.29, 0.717) is 11.9 Å². The van der Waals surface area contributed by atoms with E-state index in [2.05, 4.69) is 35.3 Å². The van der Waals surface area contributed by atoms with Crippen molar-refractivity contribution in [2.24, 2.45) is 0 Å². The summed E-state index contributed by atoms with van der Waals surface area (Å²) in [6.07, 6.45) is 2.04. The summed E-state index contributed by atoms with van der Waals surface area (Å²) in [5.41, 5.74) is 3.10. The molecular weight excluding hydrogens is 300 g/mol. The van der Waals surface area contributed by atoms with E-state index in [1.807, 2.05) is 31.3 Å². The van der Waals surface area contributed by atoms with Crippen molar-refractivity contribution >= 4 is 19.7 Å². The van der Waals surface area contributed by atoms with Crippen LogP contribution in [0.1, 0.15) is 5.69 Å². The predicted octanol–water partition coefficient (Wildman–Crippen LogP) is 4.82. The second-order valence-electron chi connectivity index (χ2n) is 6.53. The summed E-state index contributed by atoms with van der Waals surface area (Å²) in [6.45, 7) is 10.4. The number of halogens is 1. The van der Waals surface area contributed by atoms with E-state index in [4.69, 9.17) is 16.3 Å². The minimum Gasteiger partial charge on any atom is -0.361 e. The van der Waals surface area contributed by atoms with E-state index >= 15 is 0 Å². The number of nitrogens with zero attached hydrogens (tertiary/aromatic N) is 2. The largest absolute Gasteiger partial charge is 0.361 e. The van der Waals surface area contributed by atoms with Crippen molar-refractivity contribution < 1.29 is 4.74 Å². The third-order valence-corrected chi connectivity index (χ3v) is 5.17. The molecule has 3 nitrogen and oxygen atoms in total. The fourth-order valence-corrected chi connectivity index (χ4v) is 3.11. The third kappa shape index (κ3) is 4.99. The summed E-state index contributed by atoms with van der Waals surface area (Å²) < 4.78 is 7.93. The second-order valence-corrected chi connectivity index (χ2v) is 12.5. The van der Waals surface area contributed by atoms with Gasteiger partial charge in [0.25, 0.3) is 0 Å². The molecule has 0 aliphatic heterocycles. The molecule has 2 rings (SSSR count). The molecule has 0 unspecified atom stereocenters. The van der Waals surface area contributed by atoms with Crippen molar-refractivity contribution in [3.63, 3.8) is 0 Å². The Labute approximate surface area is 132 Å². The quantitative estimate of drug-likeness (QED) is 0.433. The van der Waals surface area contributed by atoms with E-state index < -0.39 is 8.07 Å². The highest BCUT2D eigenvalue weighted by Gasteiger charge is 2.12. The van der Waals surface area contributed by atoms with Crippen LogP contribution < -0.4 is 0 Å². The van der Waals surface area contributed by atoms with Crippen molar-refractivity contribution in [1.29, 1.82) is 0 Å². The smallest absolute Gasteiger partial charge is 0.130 e. The average Bonchev–Trinajstić information content (AvgIpc) is 2.80. The van der Waals surface area contributed by atoms with Gasteiger partial charge in [0.1, 0.15) is 11.9 Å². The lowest BCUT2D eigenvalue weighted by atomic mass is 10.2. The lowest BCUT2D eigenvalue weighted by molar-refractivity contribution is 0.0885. The highest BCUT2D eigenvalue weighted by Crippen LogP contribution is 2.23. The summed E-state index contributed by atoms with van der Waals surface area (Å²) >= 11 is 6.05. The molecule has 0 N–H and O–H groups in total. The molecule has 2 aromatic rings. The Hall–Kier alpha value is -1.10. The lowest BCUT2D eigenvalue weighted by Gasteiger charge is -2.16. The highest BCUT2D eigenvalue weighted by atomic mass is 35.5. The van der Waals surface area contributed by atoms with E-state index in [9.17, 15) is 0 Å². The Morgan fingerprint density at radius 3 is 2.71 bits per heavy atom. The molecule has 0 aromatic carbocycles. The van der Waals surface area contributed by atoms with Crippen LogP contribution in [0, 0.1) is 6.92 Å². The Morgan fingerprint density at radius 2 is 2.05 bits per heavy atom. The topological polar surface area (TPSA) is 27.1 Å². The van der Waals surface area contributed by atoms with Crippen LogP contribution in [0.3, 0.4) is 0 Å². The van der Waals surface area contributed by atoms with Gasteiger partial charge in [-0.2, -0.15) is 0 Å². The molecule has 0 saturated heterocycles. The number of aromatic nitrogens is 2. The molecule has 0 aliphatic carbocycles. The van der Waals surface area contributed by atoms with Crippen LogP contribution in [0.15, 0.2) is 30.5 Å². The summed E-state index contributed by atoms with van der Waals surface area (Å²) in [4.78, 5) is 4.21. The maximum absolute atomic E-state index is 6.05. The zero-order valence-corrected chi connectivity index (χ0v) is 14.9. The van der Waals surface area contributed by atoms with E-state index in [0.717, 1.165) is 23.6 Å². The van der Waals surface area contributed by atoms with Gasteiger partial charge in [0.05, 0.1) is 5.69 Å². The first-order chi connectivity index (χ1) is 9.85. The molecule has 0 amide bonds. The van der Waals surface area contributed by atoms with Crippen LogP contribution >= 0.6 is 11.6 Å². The fraction of sp³-hybridized carbons (Fsp3) is 0.438. The Bertz CT molecular complexity index is 584. The van der Waals surface area contributed by atoms with E-state index in [1.165, 1.54) is 6.04 Å². The maximum Gasteiger partial charge on any atom is 0.130 e. The van der Waals surface area contributed by atoms with Crippen molar-refractivity contribution in [2.75, 3.05) is 6.61 Å². The van der Waals surface area contributed by atoms with Gasteiger partial charge in [-0.25, -0.2) is 4.98 Å². The van der Waals surface area contributed by atoms with Gasteiger partial charge in [-0.1, -0.05) is 31.2 Å². The van der Waals surface area contributed by atoms with Gasteiger partial charge in [0, 0.05) is 32.1 Å². The van der Waals surface area contributed by atoms with Gasteiger partial charge < -0.3 is 9.30 Å². The Kier molecular flexibility index (Phi) is 5.25. The summed E-state index contributed by atoms with van der Waals surface area (Å²) in [5, 5.41) is 0.525.